The lowest BCUT2D eigenvalue weighted by Crippen LogP contribution is -2.30. The van der Waals surface area contributed by atoms with E-state index in [-0.39, 0.29) is 6.04 Å². The molecule has 0 bridgehead atoms. The number of rotatable bonds is 2. The fourth-order valence-electron chi connectivity index (χ4n) is 2.71. The van der Waals surface area contributed by atoms with Gasteiger partial charge in [-0.2, -0.15) is 0 Å². The fourth-order valence-corrected chi connectivity index (χ4v) is 2.71. The number of carboxylic acid groups (broad SMARTS) is 1. The van der Waals surface area contributed by atoms with Crippen molar-refractivity contribution in [1.29, 1.82) is 0 Å². The number of amides is 1. The summed E-state index contributed by atoms with van der Waals surface area (Å²) in [5.74, 6) is 0. The molecule has 0 radical (unpaired) electrons. The van der Waals surface area contributed by atoms with Crippen LogP contribution in [0.25, 0.3) is 10.9 Å². The van der Waals surface area contributed by atoms with Crippen molar-refractivity contribution in [2.45, 2.75) is 19.4 Å². The molecule has 2 N–H and O–H groups in total. The van der Waals surface area contributed by atoms with Crippen LogP contribution in [0.15, 0.2) is 30.5 Å². The minimum atomic E-state index is -0.843. The number of nitrogens with one attached hydrogen (secondary N) is 1. The summed E-state index contributed by atoms with van der Waals surface area (Å²) in [6.45, 7) is 3.17. The summed E-state index contributed by atoms with van der Waals surface area (Å²) in [5, 5.41) is 13.5. The first-order valence-corrected chi connectivity index (χ1v) is 6.74. The molecule has 2 aromatic rings. The molecule has 1 fully saturated rings. The molecule has 1 aliphatic rings. The molecule has 104 valence electrons. The molecule has 2 heterocycles. The van der Waals surface area contributed by atoms with Crippen LogP contribution in [0.2, 0.25) is 0 Å². The van der Waals surface area contributed by atoms with Crippen molar-refractivity contribution < 1.29 is 9.90 Å². The van der Waals surface area contributed by atoms with Crippen LogP contribution in [-0.2, 0) is 0 Å². The lowest BCUT2D eigenvalue weighted by Gasteiger charge is -2.17. The number of aryl methyl sites for hydroxylation is 1. The Morgan fingerprint density at radius 1 is 1.45 bits per heavy atom. The number of anilines is 1. The number of carbonyl (C=O) groups is 1. The van der Waals surface area contributed by atoms with E-state index in [2.05, 4.69) is 10.3 Å². The molecule has 1 aromatic carbocycles. The lowest BCUT2D eigenvalue weighted by atomic mass is 10.1. The van der Waals surface area contributed by atoms with Crippen LogP contribution in [0.4, 0.5) is 10.5 Å². The summed E-state index contributed by atoms with van der Waals surface area (Å²) in [6, 6.07) is 8.22. The summed E-state index contributed by atoms with van der Waals surface area (Å²) in [6.07, 6.45) is 1.78. The zero-order valence-corrected chi connectivity index (χ0v) is 11.3. The Balaban J connectivity index is 1.85. The second-order valence-electron chi connectivity index (χ2n) is 5.19. The maximum Gasteiger partial charge on any atom is 0.407 e. The van der Waals surface area contributed by atoms with Gasteiger partial charge in [0.25, 0.3) is 0 Å². The van der Waals surface area contributed by atoms with Crippen molar-refractivity contribution >= 4 is 22.7 Å². The zero-order chi connectivity index (χ0) is 14.1. The van der Waals surface area contributed by atoms with E-state index in [0.717, 1.165) is 28.6 Å². The van der Waals surface area contributed by atoms with Gasteiger partial charge in [-0.05, 0) is 37.1 Å². The van der Waals surface area contributed by atoms with E-state index in [1.807, 2.05) is 31.2 Å². The first-order chi connectivity index (χ1) is 9.65. The molecule has 1 aromatic heterocycles. The zero-order valence-electron chi connectivity index (χ0n) is 11.3. The van der Waals surface area contributed by atoms with Crippen molar-refractivity contribution in [2.75, 3.05) is 18.4 Å². The van der Waals surface area contributed by atoms with Gasteiger partial charge in [-0.3, -0.25) is 4.98 Å². The molecule has 1 aliphatic heterocycles. The Bertz CT molecular complexity index is 657. The van der Waals surface area contributed by atoms with Crippen LogP contribution in [-0.4, -0.2) is 40.2 Å². The Hall–Kier alpha value is -2.30. The predicted molar refractivity (Wildman–Crippen MR) is 78.1 cm³/mol. The van der Waals surface area contributed by atoms with Crippen molar-refractivity contribution in [1.82, 2.24) is 9.88 Å². The van der Waals surface area contributed by atoms with Gasteiger partial charge in [-0.15, -0.1) is 0 Å². The van der Waals surface area contributed by atoms with Crippen LogP contribution >= 0.6 is 0 Å². The third-order valence-corrected chi connectivity index (χ3v) is 3.79. The monoisotopic (exact) mass is 271 g/mol. The van der Waals surface area contributed by atoms with Crippen LogP contribution in [0.5, 0.6) is 0 Å². The van der Waals surface area contributed by atoms with E-state index >= 15 is 0 Å². The predicted octanol–water partition coefficient (Wildman–Crippen LogP) is 2.71. The maximum absolute atomic E-state index is 10.9. The number of benzene rings is 1. The standard InChI is InChI=1S/C15H17N3O2/c1-10-4-5-13(12-3-2-7-16-14(10)12)17-11-6-8-18(9-11)15(19)20/h2-5,7,11,17H,6,8-9H2,1H3,(H,19,20)/t11-/m0/s1. The summed E-state index contributed by atoms with van der Waals surface area (Å²) >= 11 is 0. The van der Waals surface area contributed by atoms with Gasteiger partial charge in [0, 0.05) is 36.4 Å². The highest BCUT2D eigenvalue weighted by Crippen LogP contribution is 2.26. The van der Waals surface area contributed by atoms with E-state index in [9.17, 15) is 4.79 Å². The van der Waals surface area contributed by atoms with Gasteiger partial charge in [0.05, 0.1) is 5.52 Å². The topological polar surface area (TPSA) is 65.5 Å². The highest BCUT2D eigenvalue weighted by Gasteiger charge is 2.25. The molecule has 0 spiro atoms. The Labute approximate surface area is 117 Å². The SMILES string of the molecule is Cc1ccc(N[C@H]2CCN(C(=O)O)C2)c2cccnc12. The highest BCUT2D eigenvalue weighted by molar-refractivity contribution is 5.93. The number of nitrogens with zero attached hydrogens (tertiary/aromatic N) is 2. The Morgan fingerprint density at radius 3 is 3.05 bits per heavy atom. The van der Waals surface area contributed by atoms with Crippen molar-refractivity contribution in [3.05, 3.63) is 36.0 Å². The quantitative estimate of drug-likeness (QED) is 0.881. The molecular formula is C15H17N3O2. The first-order valence-electron chi connectivity index (χ1n) is 6.74. The largest absolute Gasteiger partial charge is 0.465 e. The van der Waals surface area contributed by atoms with Crippen molar-refractivity contribution in [2.24, 2.45) is 0 Å². The van der Waals surface area contributed by atoms with Crippen LogP contribution < -0.4 is 5.32 Å². The normalized spacial score (nSPS) is 18.4. The first kappa shape index (κ1) is 12.7. The number of aromatic nitrogens is 1. The molecule has 0 saturated carbocycles. The molecule has 5 heteroatoms. The van der Waals surface area contributed by atoms with Gasteiger partial charge in [-0.25, -0.2) is 4.79 Å². The second kappa shape index (κ2) is 5.00. The maximum atomic E-state index is 10.9. The van der Waals surface area contributed by atoms with Gasteiger partial charge in [0.1, 0.15) is 0 Å². The third kappa shape index (κ3) is 2.27. The minimum Gasteiger partial charge on any atom is -0.465 e. The van der Waals surface area contributed by atoms with Crippen LogP contribution in [0, 0.1) is 6.92 Å². The summed E-state index contributed by atoms with van der Waals surface area (Å²) < 4.78 is 0. The average Bonchev–Trinajstić information content (AvgIpc) is 2.91. The summed E-state index contributed by atoms with van der Waals surface area (Å²) in [5.41, 5.74) is 3.16. The van der Waals surface area contributed by atoms with Gasteiger partial charge in [0.2, 0.25) is 0 Å². The van der Waals surface area contributed by atoms with E-state index < -0.39 is 6.09 Å². The molecule has 0 aliphatic carbocycles. The number of fused-ring (bicyclic) bond motifs is 1. The van der Waals surface area contributed by atoms with E-state index in [0.29, 0.717) is 13.1 Å². The van der Waals surface area contributed by atoms with Gasteiger partial charge in [0.15, 0.2) is 0 Å². The molecule has 0 unspecified atom stereocenters. The van der Waals surface area contributed by atoms with Crippen molar-refractivity contribution in [3.63, 3.8) is 0 Å². The van der Waals surface area contributed by atoms with Crippen LogP contribution in [0.1, 0.15) is 12.0 Å². The number of likely N-dealkylation sites (tertiary alicyclic amines) is 1. The highest BCUT2D eigenvalue weighted by atomic mass is 16.4. The Morgan fingerprint density at radius 2 is 2.30 bits per heavy atom. The van der Waals surface area contributed by atoms with Gasteiger partial charge < -0.3 is 15.3 Å². The van der Waals surface area contributed by atoms with E-state index in [1.165, 1.54) is 4.90 Å². The molecule has 5 nitrogen and oxygen atoms in total. The smallest absolute Gasteiger partial charge is 0.407 e. The number of hydrogen-bond acceptors (Lipinski definition) is 3. The summed E-state index contributed by atoms with van der Waals surface area (Å²) in [7, 11) is 0. The van der Waals surface area contributed by atoms with Crippen molar-refractivity contribution in [3.8, 4) is 0 Å². The molecular weight excluding hydrogens is 254 g/mol. The third-order valence-electron chi connectivity index (χ3n) is 3.79. The Kier molecular flexibility index (Phi) is 3.18. The second-order valence-corrected chi connectivity index (χ2v) is 5.19. The fraction of sp³-hybridized carbons (Fsp3) is 0.333. The summed E-state index contributed by atoms with van der Waals surface area (Å²) in [4.78, 5) is 16.8. The van der Waals surface area contributed by atoms with Gasteiger partial charge in [-0.1, -0.05) is 6.07 Å². The molecule has 1 amide bonds. The van der Waals surface area contributed by atoms with Gasteiger partial charge >= 0.3 is 6.09 Å². The van der Waals surface area contributed by atoms with E-state index in [1.54, 1.807) is 6.20 Å². The molecule has 3 rings (SSSR count). The van der Waals surface area contributed by atoms with Crippen LogP contribution in [0.3, 0.4) is 0 Å². The number of hydrogen-bond donors (Lipinski definition) is 2. The molecule has 1 atom stereocenters. The lowest BCUT2D eigenvalue weighted by molar-refractivity contribution is 0.155. The molecule has 1 saturated heterocycles. The number of pyridine rings is 1. The minimum absolute atomic E-state index is 0.164. The average molecular weight is 271 g/mol. The molecule has 20 heavy (non-hydrogen) atoms. The van der Waals surface area contributed by atoms with E-state index in [4.69, 9.17) is 5.11 Å².